The summed E-state index contributed by atoms with van der Waals surface area (Å²) >= 11 is 0. The number of para-hydroxylation sites is 1. The van der Waals surface area contributed by atoms with Crippen LogP contribution in [0.15, 0.2) is 30.3 Å². The maximum Gasteiger partial charge on any atom is 0.310 e. The highest BCUT2D eigenvalue weighted by Gasteiger charge is 2.36. The predicted octanol–water partition coefficient (Wildman–Crippen LogP) is 1.37. The van der Waals surface area contributed by atoms with Crippen LogP contribution in [-0.2, 0) is 14.3 Å². The maximum atomic E-state index is 12.0. The van der Waals surface area contributed by atoms with Gasteiger partial charge in [-0.25, -0.2) is 0 Å². The van der Waals surface area contributed by atoms with E-state index >= 15 is 0 Å². The fourth-order valence-electron chi connectivity index (χ4n) is 2.58. The number of amides is 1. The summed E-state index contributed by atoms with van der Waals surface area (Å²) in [5, 5.41) is 2.84. The van der Waals surface area contributed by atoms with Gasteiger partial charge in [-0.05, 0) is 18.1 Å². The van der Waals surface area contributed by atoms with Crippen LogP contribution >= 0.6 is 0 Å². The minimum absolute atomic E-state index is 0.0612. The fourth-order valence-corrected chi connectivity index (χ4v) is 2.58. The standard InChI is InChI=1S/C15H20N2O3/c1-11-8-17(9-13(11)15(19)20-2)10-14(18)16-12-6-4-3-5-7-12/h3-7,11,13H,8-10H2,1-2H3,(H,16,18). The summed E-state index contributed by atoms with van der Waals surface area (Å²) in [6.07, 6.45) is 0. The van der Waals surface area contributed by atoms with E-state index < -0.39 is 0 Å². The predicted molar refractivity (Wildman–Crippen MR) is 76.2 cm³/mol. The Morgan fingerprint density at radius 3 is 2.65 bits per heavy atom. The molecule has 0 spiro atoms. The van der Waals surface area contributed by atoms with Crippen molar-refractivity contribution < 1.29 is 14.3 Å². The second-order valence-electron chi connectivity index (χ2n) is 5.22. The summed E-state index contributed by atoms with van der Waals surface area (Å²) < 4.78 is 4.79. The topological polar surface area (TPSA) is 58.6 Å². The summed E-state index contributed by atoms with van der Waals surface area (Å²) in [6.45, 7) is 3.63. The number of esters is 1. The molecule has 0 aromatic heterocycles. The van der Waals surface area contributed by atoms with Gasteiger partial charge in [0, 0.05) is 18.8 Å². The molecule has 1 aliphatic rings. The zero-order valence-electron chi connectivity index (χ0n) is 11.8. The van der Waals surface area contributed by atoms with Crippen molar-refractivity contribution in [3.05, 3.63) is 30.3 Å². The normalized spacial score (nSPS) is 22.5. The lowest BCUT2D eigenvalue weighted by Crippen LogP contribution is -2.32. The smallest absolute Gasteiger partial charge is 0.310 e. The molecule has 108 valence electrons. The first-order valence-electron chi connectivity index (χ1n) is 6.75. The number of carbonyl (C=O) groups excluding carboxylic acids is 2. The summed E-state index contributed by atoms with van der Waals surface area (Å²) in [5.41, 5.74) is 0.786. The van der Waals surface area contributed by atoms with Crippen molar-refractivity contribution in [2.24, 2.45) is 11.8 Å². The average molecular weight is 276 g/mol. The van der Waals surface area contributed by atoms with Crippen LogP contribution in [0.5, 0.6) is 0 Å². The maximum absolute atomic E-state index is 12.0. The van der Waals surface area contributed by atoms with E-state index in [0.717, 1.165) is 12.2 Å². The van der Waals surface area contributed by atoms with E-state index in [1.165, 1.54) is 7.11 Å². The number of methoxy groups -OCH3 is 1. The van der Waals surface area contributed by atoms with E-state index in [2.05, 4.69) is 5.32 Å². The van der Waals surface area contributed by atoms with Crippen molar-refractivity contribution in [3.63, 3.8) is 0 Å². The largest absolute Gasteiger partial charge is 0.469 e. The quantitative estimate of drug-likeness (QED) is 0.844. The molecule has 2 rings (SSSR count). The Morgan fingerprint density at radius 1 is 1.30 bits per heavy atom. The lowest BCUT2D eigenvalue weighted by Gasteiger charge is -2.15. The highest BCUT2D eigenvalue weighted by molar-refractivity contribution is 5.92. The molecule has 1 aromatic rings. The van der Waals surface area contributed by atoms with Crippen LogP contribution < -0.4 is 5.32 Å². The minimum atomic E-state index is -0.191. The van der Waals surface area contributed by atoms with E-state index in [0.29, 0.717) is 13.1 Å². The third kappa shape index (κ3) is 3.57. The van der Waals surface area contributed by atoms with Crippen molar-refractivity contribution in [3.8, 4) is 0 Å². The van der Waals surface area contributed by atoms with Gasteiger partial charge < -0.3 is 10.1 Å². The average Bonchev–Trinajstić information content (AvgIpc) is 2.79. The highest BCUT2D eigenvalue weighted by Crippen LogP contribution is 2.23. The molecule has 0 aliphatic carbocycles. The number of hydrogen-bond acceptors (Lipinski definition) is 4. The SMILES string of the molecule is COC(=O)C1CN(CC(=O)Nc2ccccc2)CC1C. The van der Waals surface area contributed by atoms with E-state index in [-0.39, 0.29) is 23.7 Å². The lowest BCUT2D eigenvalue weighted by atomic mass is 9.99. The van der Waals surface area contributed by atoms with E-state index in [4.69, 9.17) is 4.74 Å². The molecular weight excluding hydrogens is 256 g/mol. The Kier molecular flexibility index (Phi) is 4.74. The summed E-state index contributed by atoms with van der Waals surface area (Å²) in [6, 6.07) is 9.35. The highest BCUT2D eigenvalue weighted by atomic mass is 16.5. The molecule has 1 aliphatic heterocycles. The second kappa shape index (κ2) is 6.52. The minimum Gasteiger partial charge on any atom is -0.469 e. The van der Waals surface area contributed by atoms with Gasteiger partial charge in [-0.3, -0.25) is 14.5 Å². The first-order chi connectivity index (χ1) is 9.60. The number of benzene rings is 1. The molecule has 1 amide bonds. The van der Waals surface area contributed by atoms with Crippen molar-refractivity contribution in [2.45, 2.75) is 6.92 Å². The Bertz CT molecular complexity index is 475. The molecule has 5 nitrogen and oxygen atoms in total. The number of anilines is 1. The Hall–Kier alpha value is -1.88. The van der Waals surface area contributed by atoms with Crippen LogP contribution in [0.25, 0.3) is 0 Å². The fraction of sp³-hybridized carbons (Fsp3) is 0.467. The van der Waals surface area contributed by atoms with Crippen molar-refractivity contribution in [1.29, 1.82) is 0 Å². The number of ether oxygens (including phenoxy) is 1. The third-order valence-corrected chi connectivity index (χ3v) is 3.62. The monoisotopic (exact) mass is 276 g/mol. The molecule has 5 heteroatoms. The van der Waals surface area contributed by atoms with Gasteiger partial charge in [-0.1, -0.05) is 25.1 Å². The van der Waals surface area contributed by atoms with Crippen LogP contribution in [0.4, 0.5) is 5.69 Å². The first kappa shape index (κ1) is 14.5. The molecule has 2 unspecified atom stereocenters. The summed E-state index contributed by atoms with van der Waals surface area (Å²) in [7, 11) is 1.40. The molecule has 1 fully saturated rings. The molecule has 1 aromatic carbocycles. The van der Waals surface area contributed by atoms with Gasteiger partial charge in [0.1, 0.15) is 0 Å². The lowest BCUT2D eigenvalue weighted by molar-refractivity contribution is -0.146. The van der Waals surface area contributed by atoms with Crippen LogP contribution in [-0.4, -0.2) is 43.5 Å². The van der Waals surface area contributed by atoms with Crippen LogP contribution in [0.2, 0.25) is 0 Å². The number of carbonyl (C=O) groups is 2. The van der Waals surface area contributed by atoms with Crippen LogP contribution in [0.1, 0.15) is 6.92 Å². The molecule has 1 N–H and O–H groups in total. The van der Waals surface area contributed by atoms with Gasteiger partial charge in [0.2, 0.25) is 5.91 Å². The summed E-state index contributed by atoms with van der Waals surface area (Å²) in [5.74, 6) is -0.172. The number of nitrogens with zero attached hydrogens (tertiary/aromatic N) is 1. The first-order valence-corrected chi connectivity index (χ1v) is 6.75. The van der Waals surface area contributed by atoms with Gasteiger partial charge in [0.25, 0.3) is 0 Å². The van der Waals surface area contributed by atoms with Crippen LogP contribution in [0.3, 0.4) is 0 Å². The molecule has 1 saturated heterocycles. The molecule has 1 heterocycles. The van der Waals surface area contributed by atoms with Crippen LogP contribution in [0, 0.1) is 11.8 Å². The van der Waals surface area contributed by atoms with Gasteiger partial charge in [0.05, 0.1) is 19.6 Å². The van der Waals surface area contributed by atoms with Gasteiger partial charge >= 0.3 is 5.97 Å². The van der Waals surface area contributed by atoms with E-state index in [1.807, 2.05) is 42.2 Å². The number of hydrogen-bond donors (Lipinski definition) is 1. The van der Waals surface area contributed by atoms with Crippen molar-refractivity contribution >= 4 is 17.6 Å². The van der Waals surface area contributed by atoms with Gasteiger partial charge in [-0.2, -0.15) is 0 Å². The second-order valence-corrected chi connectivity index (χ2v) is 5.22. The number of rotatable bonds is 4. The molecular formula is C15H20N2O3. The molecule has 20 heavy (non-hydrogen) atoms. The van der Waals surface area contributed by atoms with Crippen molar-refractivity contribution in [1.82, 2.24) is 4.90 Å². The molecule has 0 saturated carbocycles. The zero-order chi connectivity index (χ0) is 14.5. The zero-order valence-corrected chi connectivity index (χ0v) is 11.8. The van der Waals surface area contributed by atoms with Gasteiger partial charge in [0.15, 0.2) is 0 Å². The molecule has 2 atom stereocenters. The Morgan fingerprint density at radius 2 is 2.00 bits per heavy atom. The van der Waals surface area contributed by atoms with Gasteiger partial charge in [-0.15, -0.1) is 0 Å². The third-order valence-electron chi connectivity index (χ3n) is 3.62. The molecule has 0 radical (unpaired) electrons. The Labute approximate surface area is 118 Å². The van der Waals surface area contributed by atoms with E-state index in [9.17, 15) is 9.59 Å². The summed E-state index contributed by atoms with van der Waals surface area (Å²) in [4.78, 5) is 25.5. The van der Waals surface area contributed by atoms with Crippen molar-refractivity contribution in [2.75, 3.05) is 32.1 Å². The number of likely N-dealkylation sites (tertiary alicyclic amines) is 1. The Balaban J connectivity index is 1.85. The van der Waals surface area contributed by atoms with E-state index in [1.54, 1.807) is 0 Å². The number of nitrogens with one attached hydrogen (secondary N) is 1. The molecule has 0 bridgehead atoms.